The van der Waals surface area contributed by atoms with Crippen LogP contribution in [0.3, 0.4) is 0 Å². The summed E-state index contributed by atoms with van der Waals surface area (Å²) in [5.74, 6) is 0.898. The maximum Gasteiger partial charge on any atom is 0.0308 e. The van der Waals surface area contributed by atoms with E-state index in [2.05, 4.69) is 146 Å². The van der Waals surface area contributed by atoms with Gasteiger partial charge in [-0.3, -0.25) is 0 Å². The fraction of sp³-hybridized carbons (Fsp3) is 0.143. The third-order valence-electron chi connectivity index (χ3n) is 9.62. The van der Waals surface area contributed by atoms with Gasteiger partial charge < -0.3 is 0 Å². The van der Waals surface area contributed by atoms with Gasteiger partial charge in [0.05, 0.1) is 0 Å². The Morgan fingerprint density at radius 3 is 1.36 bits per heavy atom. The van der Waals surface area contributed by atoms with E-state index < -0.39 is 0 Å². The molecule has 2 aliphatic carbocycles. The Hall–Kier alpha value is -4.02. The minimum absolute atomic E-state index is 0.222. The molecule has 0 N–H and O–H groups in total. The largest absolute Gasteiger partial charge is 0.144 e. The van der Waals surface area contributed by atoms with Crippen LogP contribution < -0.4 is 0 Å². The van der Waals surface area contributed by atoms with Crippen molar-refractivity contribution in [2.24, 2.45) is 0 Å². The van der Waals surface area contributed by atoms with E-state index in [4.69, 9.17) is 0 Å². The van der Waals surface area contributed by atoms with E-state index in [1.54, 1.807) is 0 Å². The molecule has 0 nitrogen and oxygen atoms in total. The number of rotatable bonds is 8. The standard InChI is InChI=1S/C42H35S2Si/c1-27-17-19-31-35(41(27)29-11-5-3-6-12-29)23-33(39-15-9-21-43-39)37(31)25-45-26-38-32-20-18-28(2)42(30-13-7-4-8-14-30)36(32)24-34(38)40-16-10-22-44-40/h3-24,37-38,45H,25-26H2,1-2H3. The third kappa shape index (κ3) is 5.13. The van der Waals surface area contributed by atoms with Crippen LogP contribution in [0.5, 0.6) is 0 Å². The van der Waals surface area contributed by atoms with Crippen LogP contribution in [0.25, 0.3) is 45.6 Å². The molecule has 0 amide bonds. The number of aryl methyl sites for hydroxylation is 2. The highest BCUT2D eigenvalue weighted by Crippen LogP contribution is 2.52. The van der Waals surface area contributed by atoms with Crippen molar-refractivity contribution in [1.82, 2.24) is 0 Å². The quantitative estimate of drug-likeness (QED) is 0.147. The maximum atomic E-state index is 2.53. The molecule has 0 fully saturated rings. The molecule has 45 heavy (non-hydrogen) atoms. The summed E-state index contributed by atoms with van der Waals surface area (Å²) in [5.41, 5.74) is 17.1. The molecule has 3 heteroatoms. The maximum absolute atomic E-state index is 2.53. The van der Waals surface area contributed by atoms with Crippen LogP contribution in [-0.4, -0.2) is 9.52 Å². The Morgan fingerprint density at radius 2 is 0.956 bits per heavy atom. The summed E-state index contributed by atoms with van der Waals surface area (Å²) >= 11 is 3.77. The van der Waals surface area contributed by atoms with Gasteiger partial charge >= 0.3 is 0 Å². The molecule has 4 aromatic carbocycles. The Balaban J connectivity index is 1.14. The lowest BCUT2D eigenvalue weighted by Gasteiger charge is -2.21. The van der Waals surface area contributed by atoms with Crippen molar-refractivity contribution >= 4 is 55.5 Å². The molecule has 2 atom stereocenters. The molecule has 0 aliphatic heterocycles. The van der Waals surface area contributed by atoms with Gasteiger partial charge in [-0.1, -0.05) is 109 Å². The highest BCUT2D eigenvalue weighted by Gasteiger charge is 2.32. The van der Waals surface area contributed by atoms with E-state index >= 15 is 0 Å². The fourth-order valence-corrected chi connectivity index (χ4v) is 11.0. The highest BCUT2D eigenvalue weighted by molar-refractivity contribution is 7.11. The van der Waals surface area contributed by atoms with Crippen LogP contribution in [-0.2, 0) is 0 Å². The minimum atomic E-state index is 0.222. The zero-order chi connectivity index (χ0) is 30.3. The van der Waals surface area contributed by atoms with Gasteiger partial charge in [-0.05, 0) is 116 Å². The zero-order valence-electron chi connectivity index (χ0n) is 25.7. The predicted molar refractivity (Wildman–Crippen MR) is 200 cm³/mol. The molecule has 0 spiro atoms. The number of allylic oxidation sites excluding steroid dienone is 2. The summed E-state index contributed by atoms with van der Waals surface area (Å²) in [6, 6.07) is 43.0. The summed E-state index contributed by atoms with van der Waals surface area (Å²) in [6.07, 6.45) is 5.05. The lowest BCUT2D eigenvalue weighted by Crippen LogP contribution is -2.07. The second kappa shape index (κ2) is 12.1. The average Bonchev–Trinajstić information content (AvgIpc) is 3.89. The molecule has 2 aliphatic rings. The van der Waals surface area contributed by atoms with Gasteiger partial charge in [0.15, 0.2) is 0 Å². The van der Waals surface area contributed by atoms with Crippen molar-refractivity contribution in [3.8, 4) is 22.3 Å². The second-order valence-electron chi connectivity index (χ2n) is 12.3. The summed E-state index contributed by atoms with van der Waals surface area (Å²) in [4.78, 5) is 2.83. The average molecular weight is 632 g/mol. The third-order valence-corrected chi connectivity index (χ3v) is 13.1. The van der Waals surface area contributed by atoms with E-state index in [1.807, 2.05) is 22.7 Å². The van der Waals surface area contributed by atoms with Gasteiger partial charge in [0.25, 0.3) is 0 Å². The van der Waals surface area contributed by atoms with E-state index in [9.17, 15) is 0 Å². The molecular formula is C42H35S2Si. The van der Waals surface area contributed by atoms with E-state index in [-0.39, 0.29) is 9.52 Å². The Kier molecular flexibility index (Phi) is 7.62. The SMILES string of the molecule is Cc1ccc2c(c1-c1ccccc1)C=C(c1cccs1)C2C[SiH]CC1C(c2cccs2)=Cc2c1ccc(C)c2-c1ccccc1. The minimum Gasteiger partial charge on any atom is -0.144 e. The van der Waals surface area contributed by atoms with Crippen LogP contribution >= 0.6 is 22.7 Å². The van der Waals surface area contributed by atoms with Crippen LogP contribution in [0.4, 0.5) is 0 Å². The van der Waals surface area contributed by atoms with Crippen molar-refractivity contribution in [3.63, 3.8) is 0 Å². The first-order valence-corrected chi connectivity index (χ1v) is 19.3. The number of benzene rings is 4. The van der Waals surface area contributed by atoms with E-state index in [0.29, 0.717) is 11.8 Å². The topological polar surface area (TPSA) is 0 Å². The van der Waals surface area contributed by atoms with Crippen molar-refractivity contribution < 1.29 is 0 Å². The Bertz CT molecular complexity index is 1880. The first kappa shape index (κ1) is 28.5. The van der Waals surface area contributed by atoms with Crippen LogP contribution in [0, 0.1) is 13.8 Å². The normalized spacial score (nSPS) is 16.8. The lowest BCUT2D eigenvalue weighted by molar-refractivity contribution is 0.956. The predicted octanol–water partition coefficient (Wildman–Crippen LogP) is 12.0. The Labute approximate surface area is 277 Å². The monoisotopic (exact) mass is 631 g/mol. The molecule has 0 bridgehead atoms. The molecule has 2 unspecified atom stereocenters. The molecule has 219 valence electrons. The number of fused-ring (bicyclic) bond motifs is 2. The summed E-state index contributed by atoms with van der Waals surface area (Å²) in [7, 11) is 0.222. The number of hydrogen-bond acceptors (Lipinski definition) is 2. The van der Waals surface area contributed by atoms with Gasteiger partial charge in [0.2, 0.25) is 0 Å². The summed E-state index contributed by atoms with van der Waals surface area (Å²) < 4.78 is 0. The molecule has 8 rings (SSSR count). The van der Waals surface area contributed by atoms with Crippen molar-refractivity contribution in [2.75, 3.05) is 0 Å². The van der Waals surface area contributed by atoms with E-state index in [1.165, 1.54) is 88.6 Å². The molecule has 2 aromatic heterocycles. The zero-order valence-corrected chi connectivity index (χ0v) is 28.5. The molecule has 1 radical (unpaired) electrons. The first-order chi connectivity index (χ1) is 22.2. The van der Waals surface area contributed by atoms with Crippen molar-refractivity contribution in [1.29, 1.82) is 0 Å². The first-order valence-electron chi connectivity index (χ1n) is 15.9. The van der Waals surface area contributed by atoms with Gasteiger partial charge in [0, 0.05) is 31.1 Å². The lowest BCUT2D eigenvalue weighted by atomic mass is 9.90. The van der Waals surface area contributed by atoms with Gasteiger partial charge in [0.1, 0.15) is 0 Å². The van der Waals surface area contributed by atoms with Crippen LogP contribution in [0.15, 0.2) is 120 Å². The van der Waals surface area contributed by atoms with Crippen molar-refractivity contribution in [2.45, 2.75) is 37.8 Å². The molecular weight excluding hydrogens is 597 g/mol. The van der Waals surface area contributed by atoms with Gasteiger partial charge in [-0.2, -0.15) is 0 Å². The van der Waals surface area contributed by atoms with Crippen molar-refractivity contribution in [3.05, 3.63) is 163 Å². The van der Waals surface area contributed by atoms with Crippen LogP contribution in [0.1, 0.15) is 55.0 Å². The molecule has 2 heterocycles. The molecule has 0 saturated carbocycles. The van der Waals surface area contributed by atoms with Gasteiger partial charge in [-0.15, -0.1) is 22.7 Å². The second-order valence-corrected chi connectivity index (χ2v) is 15.7. The fourth-order valence-electron chi connectivity index (χ4n) is 7.54. The van der Waals surface area contributed by atoms with E-state index in [0.717, 1.165) is 0 Å². The summed E-state index contributed by atoms with van der Waals surface area (Å²) in [5, 5.41) is 4.46. The van der Waals surface area contributed by atoms with Gasteiger partial charge in [-0.25, -0.2) is 0 Å². The van der Waals surface area contributed by atoms with Crippen LogP contribution in [0.2, 0.25) is 12.1 Å². The molecule has 6 aromatic rings. The number of hydrogen-bond donors (Lipinski definition) is 0. The number of thiophene rings is 2. The smallest absolute Gasteiger partial charge is 0.0308 e. The Morgan fingerprint density at radius 1 is 0.511 bits per heavy atom. The molecule has 0 saturated heterocycles. The summed E-state index contributed by atoms with van der Waals surface area (Å²) in [6.45, 7) is 4.53. The highest BCUT2D eigenvalue weighted by atomic mass is 32.1.